The fourth-order valence-electron chi connectivity index (χ4n) is 3.59. The third-order valence-electron chi connectivity index (χ3n) is 5.22. The van der Waals surface area contributed by atoms with E-state index in [1.54, 1.807) is 0 Å². The molecule has 2 rings (SSSR count). The Morgan fingerprint density at radius 1 is 1.14 bits per heavy atom. The molecule has 1 aromatic carbocycles. The number of hydrogen-bond acceptors (Lipinski definition) is 2. The Bertz CT molecular complexity index is 482. The molecule has 1 saturated heterocycles. The van der Waals surface area contributed by atoms with Gasteiger partial charge in [0, 0.05) is 25.1 Å². The number of aryl methyl sites for hydroxylation is 2. The second-order valence-corrected chi connectivity index (χ2v) is 6.78. The van der Waals surface area contributed by atoms with Crippen molar-refractivity contribution in [1.29, 1.82) is 0 Å². The van der Waals surface area contributed by atoms with Crippen molar-refractivity contribution in [2.45, 2.75) is 53.4 Å². The summed E-state index contributed by atoms with van der Waals surface area (Å²) in [6.07, 6.45) is 4.44. The molecule has 1 aliphatic heterocycles. The number of Topliss-reactive ketones (excluding diaryl/α,β-unsaturated/α-hetero) is 1. The summed E-state index contributed by atoms with van der Waals surface area (Å²) in [5, 5.41) is 0. The first-order valence-electron chi connectivity index (χ1n) is 8.32. The van der Waals surface area contributed by atoms with Crippen molar-refractivity contribution in [2.75, 3.05) is 19.6 Å². The molecule has 116 valence electrons. The van der Waals surface area contributed by atoms with Crippen molar-refractivity contribution in [1.82, 2.24) is 4.90 Å². The van der Waals surface area contributed by atoms with Gasteiger partial charge in [-0.25, -0.2) is 0 Å². The zero-order valence-electron chi connectivity index (χ0n) is 14.0. The Morgan fingerprint density at radius 2 is 1.76 bits per heavy atom. The van der Waals surface area contributed by atoms with Gasteiger partial charge in [0.2, 0.25) is 0 Å². The maximum absolute atomic E-state index is 12.4. The number of benzene rings is 1. The summed E-state index contributed by atoms with van der Waals surface area (Å²) in [5.74, 6) is 0.285. The minimum atomic E-state index is 0.285. The molecule has 1 heterocycles. The van der Waals surface area contributed by atoms with Crippen LogP contribution in [0, 0.1) is 19.3 Å². The molecule has 1 fully saturated rings. The highest BCUT2D eigenvalue weighted by molar-refractivity contribution is 5.96. The average molecular weight is 287 g/mol. The van der Waals surface area contributed by atoms with Crippen LogP contribution in [0.2, 0.25) is 0 Å². The number of ketones is 1. The molecular formula is C19H29NO. The Hall–Kier alpha value is -1.15. The normalized spacial score (nSPS) is 18.1. The van der Waals surface area contributed by atoms with Gasteiger partial charge >= 0.3 is 0 Å². The number of nitrogens with zero attached hydrogens (tertiary/aromatic N) is 1. The van der Waals surface area contributed by atoms with E-state index in [2.05, 4.69) is 38.7 Å². The predicted octanol–water partition coefficient (Wildman–Crippen LogP) is 4.39. The van der Waals surface area contributed by atoms with Crippen LogP contribution < -0.4 is 0 Å². The highest BCUT2D eigenvalue weighted by Crippen LogP contribution is 2.36. The minimum Gasteiger partial charge on any atom is -0.302 e. The fourth-order valence-corrected chi connectivity index (χ4v) is 3.59. The summed E-state index contributed by atoms with van der Waals surface area (Å²) in [4.78, 5) is 14.9. The van der Waals surface area contributed by atoms with Gasteiger partial charge in [-0.05, 0) is 57.2 Å². The van der Waals surface area contributed by atoms with E-state index in [9.17, 15) is 4.79 Å². The second-order valence-electron chi connectivity index (χ2n) is 6.78. The zero-order chi connectivity index (χ0) is 15.5. The number of likely N-dealkylation sites (tertiary alicyclic amines) is 1. The largest absolute Gasteiger partial charge is 0.302 e. The van der Waals surface area contributed by atoms with Crippen molar-refractivity contribution in [3.8, 4) is 0 Å². The van der Waals surface area contributed by atoms with Gasteiger partial charge in [-0.1, -0.05) is 31.0 Å². The summed E-state index contributed by atoms with van der Waals surface area (Å²) >= 11 is 0. The summed E-state index contributed by atoms with van der Waals surface area (Å²) in [5.41, 5.74) is 3.73. The van der Waals surface area contributed by atoms with Crippen LogP contribution in [-0.2, 0) is 0 Å². The summed E-state index contributed by atoms with van der Waals surface area (Å²) in [6, 6.07) is 6.15. The van der Waals surface area contributed by atoms with Crippen LogP contribution in [0.25, 0.3) is 0 Å². The van der Waals surface area contributed by atoms with Crippen molar-refractivity contribution < 1.29 is 4.79 Å². The lowest BCUT2D eigenvalue weighted by Crippen LogP contribution is -2.28. The van der Waals surface area contributed by atoms with Crippen LogP contribution >= 0.6 is 0 Å². The fraction of sp³-hybridized carbons (Fsp3) is 0.632. The van der Waals surface area contributed by atoms with E-state index in [0.29, 0.717) is 11.8 Å². The lowest BCUT2D eigenvalue weighted by molar-refractivity contribution is 0.0965. The maximum Gasteiger partial charge on any atom is 0.164 e. The van der Waals surface area contributed by atoms with Gasteiger partial charge < -0.3 is 4.90 Å². The number of hydrogen-bond donors (Lipinski definition) is 0. The van der Waals surface area contributed by atoms with Gasteiger partial charge in [0.1, 0.15) is 0 Å². The predicted molar refractivity (Wildman–Crippen MR) is 88.9 cm³/mol. The molecule has 2 heteroatoms. The van der Waals surface area contributed by atoms with Crippen molar-refractivity contribution >= 4 is 5.78 Å². The van der Waals surface area contributed by atoms with Crippen LogP contribution in [0.3, 0.4) is 0 Å². The maximum atomic E-state index is 12.4. The number of carbonyl (C=O) groups excluding carboxylic acids is 1. The van der Waals surface area contributed by atoms with Crippen molar-refractivity contribution in [2.24, 2.45) is 5.41 Å². The molecule has 0 unspecified atom stereocenters. The first kappa shape index (κ1) is 16.2. The van der Waals surface area contributed by atoms with Crippen LogP contribution in [0.15, 0.2) is 18.2 Å². The smallest absolute Gasteiger partial charge is 0.164 e. The van der Waals surface area contributed by atoms with Gasteiger partial charge in [0.15, 0.2) is 5.78 Å². The lowest BCUT2D eigenvalue weighted by Gasteiger charge is -2.26. The average Bonchev–Trinajstić information content (AvgIpc) is 2.88. The highest BCUT2D eigenvalue weighted by atomic mass is 16.1. The number of rotatable bonds is 6. The molecule has 0 saturated carbocycles. The highest BCUT2D eigenvalue weighted by Gasteiger charge is 2.34. The SMILES string of the molecule is CCC1(CC)CCN(CCC(=O)c2cc(C)cc(C)c2)C1. The van der Waals surface area contributed by atoms with E-state index in [1.165, 1.54) is 36.9 Å². The minimum absolute atomic E-state index is 0.285. The van der Waals surface area contributed by atoms with E-state index in [-0.39, 0.29) is 5.78 Å². The second kappa shape index (κ2) is 6.74. The van der Waals surface area contributed by atoms with Crippen molar-refractivity contribution in [3.05, 3.63) is 34.9 Å². The van der Waals surface area contributed by atoms with Gasteiger partial charge in [-0.15, -0.1) is 0 Å². The van der Waals surface area contributed by atoms with Crippen LogP contribution in [0.1, 0.15) is 61.0 Å². The molecule has 0 aromatic heterocycles. The van der Waals surface area contributed by atoms with Gasteiger partial charge in [-0.3, -0.25) is 4.79 Å². The van der Waals surface area contributed by atoms with E-state index in [4.69, 9.17) is 0 Å². The molecule has 21 heavy (non-hydrogen) atoms. The van der Waals surface area contributed by atoms with Gasteiger partial charge in [0.05, 0.1) is 0 Å². The van der Waals surface area contributed by atoms with E-state index < -0.39 is 0 Å². The lowest BCUT2D eigenvalue weighted by atomic mass is 9.82. The molecule has 1 aromatic rings. The molecule has 1 aliphatic rings. The third kappa shape index (κ3) is 3.94. The van der Waals surface area contributed by atoms with Crippen LogP contribution in [0.4, 0.5) is 0 Å². The van der Waals surface area contributed by atoms with Gasteiger partial charge in [-0.2, -0.15) is 0 Å². The molecule has 0 radical (unpaired) electrons. The number of carbonyl (C=O) groups is 1. The molecular weight excluding hydrogens is 258 g/mol. The summed E-state index contributed by atoms with van der Waals surface area (Å²) in [6.45, 7) is 11.9. The molecule has 0 atom stereocenters. The van der Waals surface area contributed by atoms with E-state index >= 15 is 0 Å². The monoisotopic (exact) mass is 287 g/mol. The van der Waals surface area contributed by atoms with E-state index in [1.807, 2.05) is 12.1 Å². The third-order valence-corrected chi connectivity index (χ3v) is 5.22. The molecule has 0 spiro atoms. The van der Waals surface area contributed by atoms with Crippen molar-refractivity contribution in [3.63, 3.8) is 0 Å². The standard InChI is InChI=1S/C19H29NO/c1-5-19(6-2)8-10-20(14-19)9-7-18(21)17-12-15(3)11-16(4)13-17/h11-13H,5-10,14H2,1-4H3. The quantitative estimate of drug-likeness (QED) is 0.723. The summed E-state index contributed by atoms with van der Waals surface area (Å²) in [7, 11) is 0. The van der Waals surface area contributed by atoms with Crippen LogP contribution in [0.5, 0.6) is 0 Å². The Labute approximate surface area is 129 Å². The molecule has 2 nitrogen and oxygen atoms in total. The Morgan fingerprint density at radius 3 is 2.29 bits per heavy atom. The van der Waals surface area contributed by atoms with Crippen LogP contribution in [-0.4, -0.2) is 30.3 Å². The van der Waals surface area contributed by atoms with Gasteiger partial charge in [0.25, 0.3) is 0 Å². The zero-order valence-corrected chi connectivity index (χ0v) is 14.0. The molecule has 0 N–H and O–H groups in total. The topological polar surface area (TPSA) is 20.3 Å². The first-order valence-corrected chi connectivity index (χ1v) is 8.32. The molecule has 0 bridgehead atoms. The van der Waals surface area contributed by atoms with E-state index in [0.717, 1.165) is 18.7 Å². The molecule has 0 amide bonds. The molecule has 0 aliphatic carbocycles. The Kier molecular flexibility index (Phi) is 5.21. The Balaban J connectivity index is 1.90. The summed E-state index contributed by atoms with van der Waals surface area (Å²) < 4.78 is 0. The first-order chi connectivity index (χ1) is 9.98.